The van der Waals surface area contributed by atoms with Crippen LogP contribution in [-0.2, 0) is 127 Å². The molecule has 2 saturated heterocycles. The van der Waals surface area contributed by atoms with Gasteiger partial charge in [0.05, 0.1) is 41.5 Å². The fourth-order valence-electron chi connectivity index (χ4n) is 12.5. The molecular formula is C108H164N2O30S2. The van der Waals surface area contributed by atoms with Crippen molar-refractivity contribution in [2.45, 2.75) is 191 Å². The lowest BCUT2D eigenvalue weighted by molar-refractivity contribution is -0.827. The maximum absolute atomic E-state index is 14.5. The van der Waals surface area contributed by atoms with Gasteiger partial charge in [0.15, 0.2) is 0 Å². The molecule has 1 aliphatic carbocycles. The van der Waals surface area contributed by atoms with E-state index in [1.165, 1.54) is 32.0 Å². The second kappa shape index (κ2) is 76.2. The van der Waals surface area contributed by atoms with Crippen LogP contribution in [0.2, 0.25) is 0 Å². The molecule has 0 radical (unpaired) electrons. The largest absolute Gasteiger partial charge is 0.456 e. The third-order valence-corrected chi connectivity index (χ3v) is 20.2. The Labute approximate surface area is 890 Å². The summed E-state index contributed by atoms with van der Waals surface area (Å²) < 4.78 is 65.0. The number of carbonyl (C=O) groups excluding carboxylic acids is 4. The van der Waals surface area contributed by atoms with Crippen molar-refractivity contribution in [2.24, 2.45) is 29.6 Å². The van der Waals surface area contributed by atoms with E-state index >= 15 is 0 Å². The standard InChI is InChI=1S/C54H81NO15S.C54H2.H3NO15S.39H2/c1-32-18-21-41(22-19-32)71(63,64)70-37(6)15-11-12-16-40-26-33(2)25-34(3)27-47(66-9)50-48(67-10)29-36(5)54(62,69-50)51(59)52(60)55-24-14-13-17-42(55)53(61)68-49(38(7)44(57)31-45(40)58)35(4)28-39-20-23-43(56)46(30-39)65-8;1-3-5-7-9-11-13-15-17-19-21-23-25-27-29-31-33-35-37-39-41-43-45-47-49-51-53-54-52-50-48-46-44-42-40-38-36-34-32-30-28-26-24-22-20-18-16-14-12-10-8-6-4-2;2-5-8-11-12-9-6-3-1-4-7-10-13-14-15-16-17;;;;;;;;;;;;;;;;;;;;;;;;;;;;;;;;;;;;;;;/h11-12,18-19,21-22,26,28,34,36-40,42-44,46-50,56-57,62H,13-17,20,23-25,27,29-31H2,1-10H3;1-2H;1-2,17H;39*1H/b12-11+,33-26+,35-28+;;;;;;;;;;;;;;;;;;;;;;;;;;;;;;;;;;;;;;;;;/t34-,36+,37?,38+,39-,40+,42-,43+,44-,46+,47-,48-,49+,50+,54+;;;;;;;;;;;;;;;;;;;;;;;;;;;;;;;;;;;;;;;;;/m0........................................./s1. The minimum atomic E-state index is -4.01. The van der Waals surface area contributed by atoms with Crippen LogP contribution in [0.4, 0.5) is 0 Å². The Bertz CT molecular complexity index is 6550. The number of nitrogens with zero attached hydrogens (tertiary/aromatic N) is 1. The summed E-state index contributed by atoms with van der Waals surface area (Å²) in [6.45, 7) is 12.6. The van der Waals surface area contributed by atoms with Crippen LogP contribution in [0.1, 0.15) is 180 Å². The van der Waals surface area contributed by atoms with Gasteiger partial charge in [-0.3, -0.25) is 18.6 Å². The molecular weight excluding hydrogens is 1870 g/mol. The summed E-state index contributed by atoms with van der Waals surface area (Å²) in [5, 5.41) is 80.0. The highest BCUT2D eigenvalue weighted by Crippen LogP contribution is 2.40. The number of fused-ring (bicyclic) bond motifs is 3. The van der Waals surface area contributed by atoms with Crippen LogP contribution in [0.3, 0.4) is 0 Å². The lowest BCUT2D eigenvalue weighted by atomic mass is 9.81. The molecule has 3 aliphatic heterocycles. The van der Waals surface area contributed by atoms with E-state index < -0.39 is 106 Å². The van der Waals surface area contributed by atoms with Crippen molar-refractivity contribution in [3.05, 3.63) is 65.3 Å². The van der Waals surface area contributed by atoms with Gasteiger partial charge < -0.3 is 43.9 Å². The second-order valence-electron chi connectivity index (χ2n) is 28.5. The Morgan fingerprint density at radius 1 is 0.542 bits per heavy atom. The topological polar surface area (TPSA) is 383 Å². The number of nitrogens with one attached hydrogen (secondary N) is 1. The highest BCUT2D eigenvalue weighted by atomic mass is 32.2. The molecule has 32 nitrogen and oxygen atoms in total. The van der Waals surface area contributed by atoms with Crippen LogP contribution in [0, 0.1) is 357 Å². The van der Waals surface area contributed by atoms with Crippen molar-refractivity contribution in [1.82, 2.24) is 10.5 Å². The quantitative estimate of drug-likeness (QED) is 0.00479. The molecule has 5 N–H and O–H groups in total. The number of rotatable bonds is 26. The number of benzene rings is 1. The van der Waals surface area contributed by atoms with Crippen molar-refractivity contribution < 1.29 is 201 Å². The number of aryl methyl sites for hydroxylation is 1. The third-order valence-electron chi connectivity index (χ3n) is 18.7. The molecule has 0 aromatic heterocycles. The van der Waals surface area contributed by atoms with Crippen LogP contribution < -0.4 is 5.64 Å². The number of thiol groups is 1. The van der Waals surface area contributed by atoms with Crippen molar-refractivity contribution in [3.63, 3.8) is 0 Å². The Morgan fingerprint density at radius 3 is 1.37 bits per heavy atom. The predicted octanol–water partition coefficient (Wildman–Crippen LogP) is 15.4. The van der Waals surface area contributed by atoms with E-state index in [4.69, 9.17) is 46.0 Å². The molecule has 5 rings (SSSR count). The van der Waals surface area contributed by atoms with E-state index in [0.717, 1.165) is 16.0 Å². The average molecular weight is 2030 g/mol. The van der Waals surface area contributed by atoms with Gasteiger partial charge in [-0.15, -0.1) is 17.2 Å². The molecule has 3 heterocycles. The van der Waals surface area contributed by atoms with Crippen molar-refractivity contribution in [1.29, 1.82) is 0 Å². The molecule has 4 aliphatic rings. The maximum Gasteiger partial charge on any atom is 0.329 e. The van der Waals surface area contributed by atoms with E-state index in [1.807, 2.05) is 39.0 Å². The summed E-state index contributed by atoms with van der Waals surface area (Å²) in [5.74, 6) is 120. The molecule has 1 amide bonds. The molecule has 1 aromatic rings. The van der Waals surface area contributed by atoms with Crippen LogP contribution in [0.15, 0.2) is 64.6 Å². The number of cyclic esters (lactones) is 1. The summed E-state index contributed by atoms with van der Waals surface area (Å²) in [7, 11) is 0.542. The van der Waals surface area contributed by atoms with Crippen molar-refractivity contribution in [2.75, 3.05) is 27.9 Å². The number of ether oxygens (including phenoxy) is 5. The minimum absolute atomic E-state index is 0. The molecule has 798 valence electrons. The van der Waals surface area contributed by atoms with Gasteiger partial charge >= 0.3 is 5.97 Å². The first kappa shape index (κ1) is 120. The smallest absolute Gasteiger partial charge is 0.329 e. The first-order chi connectivity index (χ1) is 68.9. The SMILES string of the molecule is C#CC#CC#CC#CC#CC#CC#CC#CC#CC#CC#CC#CC#CC#CC#CC#CC#CC#CC#CC#CC#CC#CC#CC#CC#CC#CC#C.CO[C@H]1C[C@@H](C)C/C(C)=C/[C@@H](C/C=C/CC(C)OS(=O)(=O)c2ccc(C)cc2)C(=O)C[C@H](O)[C@@H](C)[C@@H](/C(C)=C/[C@@H]2CC[C@@H](O)[C@H](OC)C2)OC(=O)[C@@H]2CCCCN2C(=O)C(=O)[C@]2(O)O[C@H]1[C@@H](OC)C[C@H]2C.OOOOOOOONOOOOOOOS.[HH].[HH].[HH].[HH].[HH].[HH].[HH].[HH].[HH].[HH].[HH].[HH].[HH].[HH].[HH].[HH].[HH].[HH].[HH].[HH].[HH].[HH].[HH].[HH].[HH].[HH].[HH].[HH].[HH].[HH].[HH].[HH].[HH].[HH].[HH].[HH].[HH].[HH].[HH]. The fourth-order valence-corrected chi connectivity index (χ4v) is 13.6. The zero-order valence-electron chi connectivity index (χ0n) is 77.8. The van der Waals surface area contributed by atoms with Gasteiger partial charge in [-0.1, -0.05) is 78.3 Å². The summed E-state index contributed by atoms with van der Waals surface area (Å²) in [6.07, 6.45) is 15.0. The van der Waals surface area contributed by atoms with Crippen LogP contribution in [0.5, 0.6) is 0 Å². The van der Waals surface area contributed by atoms with Gasteiger partial charge in [-0.2, -0.15) is 8.42 Å². The zero-order valence-corrected chi connectivity index (χ0v) is 79.5. The lowest BCUT2D eigenvalue weighted by Crippen LogP contribution is -2.64. The molecule has 1 unspecified atom stereocenters. The average Bonchev–Trinajstić information content (AvgIpc) is 0.763. The van der Waals surface area contributed by atoms with Gasteiger partial charge in [0.2, 0.25) is 5.79 Å². The lowest BCUT2D eigenvalue weighted by Gasteiger charge is -2.47. The predicted molar refractivity (Wildman–Crippen MR) is 590 cm³/mol. The van der Waals surface area contributed by atoms with Gasteiger partial charge in [-0.05, 0) is 284 Å². The van der Waals surface area contributed by atoms with Gasteiger partial charge in [-0.25, -0.2) is 10.1 Å². The summed E-state index contributed by atoms with van der Waals surface area (Å²) in [5.41, 5.74) is 3.79. The molecule has 2 bridgehead atoms. The molecule has 15 atom stereocenters. The fraction of sp³-hybridized carbons (Fsp3) is 0.352. The highest BCUT2D eigenvalue weighted by molar-refractivity contribution is 7.86. The number of hydrogen-bond acceptors (Lipinski definition) is 32. The number of aliphatic hydroxyl groups excluding tert-OH is 2. The number of carbonyl (C=O) groups is 4. The molecule has 3 fully saturated rings. The summed E-state index contributed by atoms with van der Waals surface area (Å²) in [4.78, 5) is 66.5. The number of hydrogen-bond donors (Lipinski definition) is 6. The summed E-state index contributed by atoms with van der Waals surface area (Å²) in [6, 6.07) is 5.21. The molecule has 34 heteroatoms. The van der Waals surface area contributed by atoms with Crippen molar-refractivity contribution in [3.8, 4) is 321 Å². The van der Waals surface area contributed by atoms with Gasteiger partial charge in [0.1, 0.15) is 24.0 Å². The van der Waals surface area contributed by atoms with E-state index in [-0.39, 0.29) is 117 Å². The Hall–Kier alpha value is -15.8. The monoisotopic (exact) mass is 2030 g/mol. The van der Waals surface area contributed by atoms with E-state index in [1.54, 1.807) is 53.0 Å². The molecule has 142 heavy (non-hydrogen) atoms. The second-order valence-corrected chi connectivity index (χ2v) is 30.2. The Morgan fingerprint density at radius 2 is 0.951 bits per heavy atom. The first-order valence-corrected chi connectivity index (χ1v) is 43.3. The van der Waals surface area contributed by atoms with Gasteiger partial charge in [0, 0.05) is 334 Å². The number of Topliss-reactive ketones (excluding diaryl/α,β-unsaturated/α-hetero) is 2. The number of amides is 1. The van der Waals surface area contributed by atoms with Crippen LogP contribution >= 0.6 is 12.9 Å². The highest BCUT2D eigenvalue weighted by Gasteiger charge is 2.57. The number of piperidine rings is 1. The molecule has 1 saturated carbocycles. The number of allylic oxidation sites excluding steroid dienone is 4. The van der Waals surface area contributed by atoms with Crippen LogP contribution in [-0.4, -0.2) is 146 Å². The number of methoxy groups -OCH3 is 3. The maximum atomic E-state index is 14.5. The number of esters is 1. The molecule has 1 aromatic carbocycles. The zero-order chi connectivity index (χ0) is 104. The van der Waals surface area contributed by atoms with E-state index in [9.17, 15) is 42.9 Å². The van der Waals surface area contributed by atoms with E-state index in [0.29, 0.717) is 50.5 Å². The number of terminal acetylenes is 2. The Balaban J connectivity index is -0.0000000492. The minimum Gasteiger partial charge on any atom is -0.456 e. The van der Waals surface area contributed by atoms with Gasteiger partial charge in [0.25, 0.3) is 21.8 Å². The van der Waals surface area contributed by atoms with E-state index in [2.05, 4.69) is 391 Å². The summed E-state index contributed by atoms with van der Waals surface area (Å²) >= 11 is 3.06. The molecule has 0 spiro atoms. The number of aliphatic hydroxyl groups is 3. The first-order valence-electron chi connectivity index (χ1n) is 41.6. The Kier molecular flexibility index (Phi) is 64.6. The van der Waals surface area contributed by atoms with Crippen LogP contribution in [0.25, 0.3) is 0 Å². The number of ketones is 2. The third kappa shape index (κ3) is 53.2. The van der Waals surface area contributed by atoms with Crippen molar-refractivity contribution >= 4 is 46.5 Å². The normalized spacial score (nSPS) is 20.8.